The maximum absolute atomic E-state index is 11.3. The predicted molar refractivity (Wildman–Crippen MR) is 61.9 cm³/mol. The van der Waals surface area contributed by atoms with E-state index in [2.05, 4.69) is 15.7 Å². The highest BCUT2D eigenvalue weighted by molar-refractivity contribution is 5.82. The molecule has 1 aromatic rings. The highest BCUT2D eigenvalue weighted by atomic mass is 16.4. The summed E-state index contributed by atoms with van der Waals surface area (Å²) in [5.74, 6) is -1.27. The normalized spacial score (nSPS) is 11.8. The maximum atomic E-state index is 11.3. The van der Waals surface area contributed by atoms with Crippen LogP contribution in [0.1, 0.15) is 6.42 Å². The van der Waals surface area contributed by atoms with Crippen LogP contribution < -0.4 is 10.6 Å². The summed E-state index contributed by atoms with van der Waals surface area (Å²) in [6.45, 7) is 0.412. The van der Waals surface area contributed by atoms with Gasteiger partial charge in [-0.3, -0.25) is 4.68 Å². The lowest BCUT2D eigenvalue weighted by molar-refractivity contribution is -0.140. The molecule has 100 valence electrons. The Balaban J connectivity index is 2.15. The number of hydrogen-bond acceptors (Lipinski definition) is 4. The number of urea groups is 1. The molecule has 0 saturated carbocycles. The maximum Gasteiger partial charge on any atom is 0.328 e. The second-order valence-corrected chi connectivity index (χ2v) is 3.60. The number of carbonyl (C=O) groups is 2. The largest absolute Gasteiger partial charge is 0.480 e. The molecule has 1 rings (SSSR count). The number of aliphatic hydroxyl groups is 1. The summed E-state index contributed by atoms with van der Waals surface area (Å²) >= 11 is 0. The van der Waals surface area contributed by atoms with Crippen LogP contribution in [0.3, 0.4) is 0 Å². The molecule has 0 aliphatic carbocycles. The first kappa shape index (κ1) is 14.0. The monoisotopic (exact) mass is 256 g/mol. The van der Waals surface area contributed by atoms with Gasteiger partial charge in [0, 0.05) is 25.5 Å². The van der Waals surface area contributed by atoms with Crippen molar-refractivity contribution in [3.05, 3.63) is 18.5 Å². The summed E-state index contributed by atoms with van der Waals surface area (Å²) in [7, 11) is 0. The molecule has 0 saturated heterocycles. The smallest absolute Gasteiger partial charge is 0.328 e. The Morgan fingerprint density at radius 1 is 1.44 bits per heavy atom. The molecule has 2 amide bonds. The number of aliphatic hydroxyl groups excluding tert-OH is 1. The fraction of sp³-hybridized carbons (Fsp3) is 0.500. The highest BCUT2D eigenvalue weighted by Gasteiger charge is 2.17. The van der Waals surface area contributed by atoms with Crippen molar-refractivity contribution in [3.8, 4) is 0 Å². The molecule has 1 atom stereocenters. The Hall–Kier alpha value is -2.09. The number of carboxylic acid groups (broad SMARTS) is 1. The van der Waals surface area contributed by atoms with Crippen molar-refractivity contribution in [2.24, 2.45) is 0 Å². The predicted octanol–water partition coefficient (Wildman–Crippen LogP) is -0.982. The number of amides is 2. The van der Waals surface area contributed by atoms with Crippen LogP contribution >= 0.6 is 0 Å². The van der Waals surface area contributed by atoms with Gasteiger partial charge in [0.05, 0.1) is 6.61 Å². The Labute approximate surface area is 104 Å². The van der Waals surface area contributed by atoms with Crippen LogP contribution in [-0.4, -0.2) is 51.2 Å². The molecule has 0 radical (unpaired) electrons. The van der Waals surface area contributed by atoms with E-state index in [0.717, 1.165) is 0 Å². The van der Waals surface area contributed by atoms with Crippen LogP contribution in [-0.2, 0) is 11.3 Å². The number of carboxylic acids is 1. The molecule has 0 aromatic carbocycles. The third kappa shape index (κ3) is 4.83. The van der Waals surface area contributed by atoms with Crippen molar-refractivity contribution in [2.45, 2.75) is 19.0 Å². The minimum Gasteiger partial charge on any atom is -0.480 e. The van der Waals surface area contributed by atoms with E-state index in [1.807, 2.05) is 6.20 Å². The summed E-state index contributed by atoms with van der Waals surface area (Å²) in [6.07, 6.45) is 4.15. The van der Waals surface area contributed by atoms with E-state index in [9.17, 15) is 9.59 Å². The molecule has 0 aliphatic rings. The molecule has 0 bridgehead atoms. The second-order valence-electron chi connectivity index (χ2n) is 3.60. The average Bonchev–Trinajstić information content (AvgIpc) is 2.84. The van der Waals surface area contributed by atoms with E-state index in [0.29, 0.717) is 19.5 Å². The lowest BCUT2D eigenvalue weighted by Gasteiger charge is -2.12. The van der Waals surface area contributed by atoms with E-state index >= 15 is 0 Å². The third-order valence-corrected chi connectivity index (χ3v) is 2.19. The van der Waals surface area contributed by atoms with E-state index < -0.39 is 24.6 Å². The number of aromatic nitrogens is 2. The van der Waals surface area contributed by atoms with E-state index in [-0.39, 0.29) is 0 Å². The van der Waals surface area contributed by atoms with Crippen LogP contribution in [0.25, 0.3) is 0 Å². The molecule has 0 fully saturated rings. The van der Waals surface area contributed by atoms with Crippen LogP contribution in [0.15, 0.2) is 18.5 Å². The summed E-state index contributed by atoms with van der Waals surface area (Å²) in [5, 5.41) is 25.9. The van der Waals surface area contributed by atoms with E-state index in [4.69, 9.17) is 10.2 Å². The zero-order valence-corrected chi connectivity index (χ0v) is 9.74. The van der Waals surface area contributed by atoms with Crippen LogP contribution in [0.2, 0.25) is 0 Å². The average molecular weight is 256 g/mol. The van der Waals surface area contributed by atoms with Gasteiger partial charge in [-0.2, -0.15) is 5.10 Å². The van der Waals surface area contributed by atoms with Crippen LogP contribution in [0.5, 0.6) is 0 Å². The summed E-state index contributed by atoms with van der Waals surface area (Å²) in [5.41, 5.74) is 0. The lowest BCUT2D eigenvalue weighted by atomic mass is 10.3. The molecular weight excluding hydrogens is 240 g/mol. The number of aryl methyl sites for hydroxylation is 1. The van der Waals surface area contributed by atoms with Crippen LogP contribution in [0, 0.1) is 0 Å². The first-order valence-corrected chi connectivity index (χ1v) is 5.49. The van der Waals surface area contributed by atoms with Gasteiger partial charge >= 0.3 is 12.0 Å². The molecule has 18 heavy (non-hydrogen) atoms. The standard InChI is InChI=1S/C10H16N4O4/c15-7-8(9(16)17)13-10(18)11-3-1-5-14-6-2-4-12-14/h2,4,6,8,15H,1,3,5,7H2,(H,16,17)(H2,11,13,18)/t8-/m1/s1. The molecule has 8 nitrogen and oxygen atoms in total. The topological polar surface area (TPSA) is 116 Å². The van der Waals surface area contributed by atoms with Crippen molar-refractivity contribution in [2.75, 3.05) is 13.2 Å². The van der Waals surface area contributed by atoms with Crippen molar-refractivity contribution in [1.82, 2.24) is 20.4 Å². The summed E-state index contributed by atoms with van der Waals surface area (Å²) in [6, 6.07) is -0.0909. The summed E-state index contributed by atoms with van der Waals surface area (Å²) < 4.78 is 1.73. The Bertz CT molecular complexity index is 379. The van der Waals surface area contributed by atoms with Gasteiger partial charge in [-0.15, -0.1) is 0 Å². The number of carbonyl (C=O) groups excluding carboxylic acids is 1. The molecule has 4 N–H and O–H groups in total. The zero-order valence-electron chi connectivity index (χ0n) is 9.74. The first-order valence-electron chi connectivity index (χ1n) is 5.49. The van der Waals surface area contributed by atoms with Gasteiger partial charge in [0.15, 0.2) is 6.04 Å². The van der Waals surface area contributed by atoms with Gasteiger partial charge < -0.3 is 20.8 Å². The number of aliphatic carboxylic acids is 1. The molecule has 1 heterocycles. The Morgan fingerprint density at radius 3 is 2.78 bits per heavy atom. The lowest BCUT2D eigenvalue weighted by Crippen LogP contribution is -2.48. The van der Waals surface area contributed by atoms with E-state index in [1.165, 1.54) is 0 Å². The van der Waals surface area contributed by atoms with Crippen molar-refractivity contribution in [3.63, 3.8) is 0 Å². The van der Waals surface area contributed by atoms with Crippen molar-refractivity contribution >= 4 is 12.0 Å². The fourth-order valence-corrected chi connectivity index (χ4v) is 1.27. The number of rotatable bonds is 7. The van der Waals surface area contributed by atoms with Gasteiger partial charge in [-0.25, -0.2) is 9.59 Å². The first-order chi connectivity index (χ1) is 8.63. The van der Waals surface area contributed by atoms with Gasteiger partial charge in [0.2, 0.25) is 0 Å². The SMILES string of the molecule is O=C(NCCCn1cccn1)N[C@H](CO)C(=O)O. The van der Waals surface area contributed by atoms with Gasteiger partial charge in [-0.05, 0) is 12.5 Å². The number of nitrogens with one attached hydrogen (secondary N) is 2. The van der Waals surface area contributed by atoms with Gasteiger partial charge in [0.25, 0.3) is 0 Å². The number of hydrogen-bond donors (Lipinski definition) is 4. The number of nitrogens with zero attached hydrogens (tertiary/aromatic N) is 2. The van der Waals surface area contributed by atoms with E-state index in [1.54, 1.807) is 16.9 Å². The van der Waals surface area contributed by atoms with Gasteiger partial charge in [0.1, 0.15) is 0 Å². The molecule has 0 spiro atoms. The third-order valence-electron chi connectivity index (χ3n) is 2.19. The molecule has 1 aromatic heterocycles. The Morgan fingerprint density at radius 2 is 2.22 bits per heavy atom. The second kappa shape index (κ2) is 7.28. The Kier molecular flexibility index (Phi) is 5.65. The molecule has 0 aliphatic heterocycles. The van der Waals surface area contributed by atoms with Crippen molar-refractivity contribution in [1.29, 1.82) is 0 Å². The zero-order chi connectivity index (χ0) is 13.4. The molecule has 8 heteroatoms. The fourth-order valence-electron chi connectivity index (χ4n) is 1.27. The summed E-state index contributed by atoms with van der Waals surface area (Å²) in [4.78, 5) is 21.8. The molecular formula is C10H16N4O4. The molecule has 0 unspecified atom stereocenters. The van der Waals surface area contributed by atoms with Crippen LogP contribution in [0.4, 0.5) is 4.79 Å². The minimum atomic E-state index is -1.28. The minimum absolute atomic E-state index is 0.392. The van der Waals surface area contributed by atoms with Crippen molar-refractivity contribution < 1.29 is 19.8 Å². The quantitative estimate of drug-likeness (QED) is 0.468. The highest BCUT2D eigenvalue weighted by Crippen LogP contribution is 1.88. The van der Waals surface area contributed by atoms with Gasteiger partial charge in [-0.1, -0.05) is 0 Å².